The Bertz CT molecular complexity index is 566. The van der Waals surface area contributed by atoms with Crippen LogP contribution in [0.25, 0.3) is 0 Å². The molecule has 4 nitrogen and oxygen atoms in total. The molecule has 2 aromatic rings. The van der Waals surface area contributed by atoms with E-state index >= 15 is 0 Å². The molecule has 1 aromatic carbocycles. The number of amides is 1. The summed E-state index contributed by atoms with van der Waals surface area (Å²) in [6.07, 6.45) is 1.43. The predicted octanol–water partition coefficient (Wildman–Crippen LogP) is 3.39. The third-order valence-corrected chi connectivity index (χ3v) is 3.97. The summed E-state index contributed by atoms with van der Waals surface area (Å²) < 4.78 is 5.56. The van der Waals surface area contributed by atoms with Crippen molar-refractivity contribution in [2.24, 2.45) is 0 Å². The van der Waals surface area contributed by atoms with Crippen molar-refractivity contribution >= 4 is 17.2 Å². The fraction of sp³-hybridized carbons (Fsp3) is 0.353. The van der Waals surface area contributed by atoms with Crippen LogP contribution in [0.1, 0.15) is 41.8 Å². The SMILES string of the molecule is CCCCOc1ccc(C(=O)NCC(O)c2ccsc2)cc1. The molecule has 2 N–H and O–H groups in total. The molecule has 2 rings (SSSR count). The summed E-state index contributed by atoms with van der Waals surface area (Å²) in [7, 11) is 0. The lowest BCUT2D eigenvalue weighted by atomic mass is 10.1. The minimum absolute atomic E-state index is 0.199. The number of carbonyl (C=O) groups excluding carboxylic acids is 1. The summed E-state index contributed by atoms with van der Waals surface area (Å²) in [4.78, 5) is 12.0. The van der Waals surface area contributed by atoms with Crippen molar-refractivity contribution in [2.45, 2.75) is 25.9 Å². The van der Waals surface area contributed by atoms with Crippen LogP contribution in [0.3, 0.4) is 0 Å². The number of thiophene rings is 1. The molecule has 0 saturated carbocycles. The van der Waals surface area contributed by atoms with Crippen molar-refractivity contribution in [1.82, 2.24) is 5.32 Å². The maximum absolute atomic E-state index is 12.0. The van der Waals surface area contributed by atoms with Crippen LogP contribution < -0.4 is 10.1 Å². The normalized spacial score (nSPS) is 11.9. The van der Waals surface area contributed by atoms with Crippen LogP contribution in [0.5, 0.6) is 5.75 Å². The van der Waals surface area contributed by atoms with Gasteiger partial charge in [0, 0.05) is 12.1 Å². The monoisotopic (exact) mass is 319 g/mol. The molecule has 0 aliphatic heterocycles. The predicted molar refractivity (Wildman–Crippen MR) is 88.5 cm³/mol. The van der Waals surface area contributed by atoms with Gasteiger partial charge in [-0.2, -0.15) is 11.3 Å². The van der Waals surface area contributed by atoms with Gasteiger partial charge in [0.2, 0.25) is 0 Å². The zero-order valence-corrected chi connectivity index (χ0v) is 13.4. The first kappa shape index (κ1) is 16.5. The standard InChI is InChI=1S/C17H21NO3S/c1-2-3-9-21-15-6-4-13(5-7-15)17(20)18-11-16(19)14-8-10-22-12-14/h4-8,10,12,16,19H,2-3,9,11H2,1H3,(H,18,20). The van der Waals surface area contributed by atoms with E-state index < -0.39 is 6.10 Å². The Kier molecular flexibility index (Phi) is 6.43. The van der Waals surface area contributed by atoms with E-state index in [2.05, 4.69) is 12.2 Å². The first-order valence-corrected chi connectivity index (χ1v) is 8.36. The molecular weight excluding hydrogens is 298 g/mol. The van der Waals surface area contributed by atoms with E-state index in [1.54, 1.807) is 24.3 Å². The molecule has 22 heavy (non-hydrogen) atoms. The van der Waals surface area contributed by atoms with Gasteiger partial charge >= 0.3 is 0 Å². The Morgan fingerprint density at radius 3 is 2.73 bits per heavy atom. The van der Waals surface area contributed by atoms with Crippen molar-refractivity contribution < 1.29 is 14.6 Å². The molecule has 0 saturated heterocycles. The van der Waals surface area contributed by atoms with Gasteiger partial charge in [0.05, 0.1) is 12.7 Å². The third kappa shape index (κ3) is 4.86. The smallest absolute Gasteiger partial charge is 0.251 e. The van der Waals surface area contributed by atoms with E-state index in [1.807, 2.05) is 16.8 Å². The van der Waals surface area contributed by atoms with Crippen molar-refractivity contribution in [3.63, 3.8) is 0 Å². The largest absolute Gasteiger partial charge is 0.494 e. The first-order chi connectivity index (χ1) is 10.7. The van der Waals surface area contributed by atoms with Gasteiger partial charge in [-0.3, -0.25) is 4.79 Å². The molecule has 1 unspecified atom stereocenters. The van der Waals surface area contributed by atoms with Crippen molar-refractivity contribution in [3.8, 4) is 5.75 Å². The van der Waals surface area contributed by atoms with E-state index in [1.165, 1.54) is 11.3 Å². The summed E-state index contributed by atoms with van der Waals surface area (Å²) in [5.41, 5.74) is 1.38. The molecule has 118 valence electrons. The molecule has 0 aliphatic carbocycles. The second-order valence-corrected chi connectivity index (χ2v) is 5.79. The summed E-state index contributed by atoms with van der Waals surface area (Å²) in [6, 6.07) is 8.89. The van der Waals surface area contributed by atoms with E-state index in [-0.39, 0.29) is 12.5 Å². The Labute approximate surface area is 134 Å². The summed E-state index contributed by atoms with van der Waals surface area (Å²) >= 11 is 1.52. The van der Waals surface area contributed by atoms with Gasteiger partial charge in [0.15, 0.2) is 0 Å². The number of aliphatic hydroxyl groups is 1. The Balaban J connectivity index is 1.82. The lowest BCUT2D eigenvalue weighted by Crippen LogP contribution is -2.28. The molecule has 1 atom stereocenters. The quantitative estimate of drug-likeness (QED) is 0.733. The fourth-order valence-electron chi connectivity index (χ4n) is 1.91. The van der Waals surface area contributed by atoms with E-state index in [9.17, 15) is 9.90 Å². The van der Waals surface area contributed by atoms with Crippen molar-refractivity contribution in [1.29, 1.82) is 0 Å². The molecule has 1 amide bonds. The van der Waals surface area contributed by atoms with Crippen LogP contribution in [-0.4, -0.2) is 24.2 Å². The van der Waals surface area contributed by atoms with Gasteiger partial charge < -0.3 is 15.2 Å². The van der Waals surface area contributed by atoms with Crippen molar-refractivity contribution in [2.75, 3.05) is 13.2 Å². The number of nitrogens with one attached hydrogen (secondary N) is 1. The van der Waals surface area contributed by atoms with Gasteiger partial charge in [0.1, 0.15) is 5.75 Å². The molecule has 5 heteroatoms. The molecular formula is C17H21NO3S. The number of rotatable bonds is 8. The fourth-order valence-corrected chi connectivity index (χ4v) is 2.62. The Morgan fingerprint density at radius 2 is 2.09 bits per heavy atom. The lowest BCUT2D eigenvalue weighted by Gasteiger charge is -2.11. The highest BCUT2D eigenvalue weighted by Crippen LogP contribution is 2.16. The molecule has 0 fully saturated rings. The average molecular weight is 319 g/mol. The van der Waals surface area contributed by atoms with Gasteiger partial charge in [-0.25, -0.2) is 0 Å². The molecule has 0 bridgehead atoms. The molecule has 1 aromatic heterocycles. The zero-order valence-electron chi connectivity index (χ0n) is 12.6. The third-order valence-electron chi connectivity index (χ3n) is 3.27. The summed E-state index contributed by atoms with van der Waals surface area (Å²) in [5.74, 6) is 0.567. The molecule has 1 heterocycles. The average Bonchev–Trinajstić information content (AvgIpc) is 3.08. The van der Waals surface area contributed by atoms with Gasteiger partial charge in [-0.05, 0) is 53.1 Å². The topological polar surface area (TPSA) is 58.6 Å². The number of ether oxygens (including phenoxy) is 1. The number of unbranched alkanes of at least 4 members (excludes halogenated alkanes) is 1. The van der Waals surface area contributed by atoms with Crippen LogP contribution in [-0.2, 0) is 0 Å². The van der Waals surface area contributed by atoms with Gasteiger partial charge in [0.25, 0.3) is 5.91 Å². The second kappa shape index (κ2) is 8.56. The highest BCUT2D eigenvalue weighted by atomic mass is 32.1. The first-order valence-electron chi connectivity index (χ1n) is 7.42. The van der Waals surface area contributed by atoms with Crippen molar-refractivity contribution in [3.05, 3.63) is 52.2 Å². The summed E-state index contributed by atoms with van der Waals surface area (Å²) in [5, 5.41) is 16.5. The minimum atomic E-state index is -0.674. The number of benzene rings is 1. The van der Waals surface area contributed by atoms with Crippen LogP contribution in [0, 0.1) is 0 Å². The second-order valence-electron chi connectivity index (χ2n) is 5.01. The highest BCUT2D eigenvalue weighted by molar-refractivity contribution is 7.07. The molecule has 0 radical (unpaired) electrons. The number of aliphatic hydroxyl groups excluding tert-OH is 1. The zero-order chi connectivity index (χ0) is 15.8. The minimum Gasteiger partial charge on any atom is -0.494 e. The van der Waals surface area contributed by atoms with E-state index in [0.29, 0.717) is 12.2 Å². The number of carbonyl (C=O) groups is 1. The van der Waals surface area contributed by atoms with Crippen LogP contribution in [0.15, 0.2) is 41.1 Å². The summed E-state index contributed by atoms with van der Waals surface area (Å²) in [6.45, 7) is 3.00. The highest BCUT2D eigenvalue weighted by Gasteiger charge is 2.11. The maximum Gasteiger partial charge on any atom is 0.251 e. The number of hydrogen-bond donors (Lipinski definition) is 2. The molecule has 0 aliphatic rings. The van der Waals surface area contributed by atoms with E-state index in [0.717, 1.165) is 24.2 Å². The maximum atomic E-state index is 12.0. The van der Waals surface area contributed by atoms with Gasteiger partial charge in [-0.1, -0.05) is 13.3 Å². The molecule has 0 spiro atoms. The van der Waals surface area contributed by atoms with Crippen LogP contribution >= 0.6 is 11.3 Å². The lowest BCUT2D eigenvalue weighted by molar-refractivity contribution is 0.0916. The van der Waals surface area contributed by atoms with Crippen LogP contribution in [0.2, 0.25) is 0 Å². The van der Waals surface area contributed by atoms with Crippen LogP contribution in [0.4, 0.5) is 0 Å². The van der Waals surface area contributed by atoms with Gasteiger partial charge in [-0.15, -0.1) is 0 Å². The Hall–Kier alpha value is -1.85. The van der Waals surface area contributed by atoms with E-state index in [4.69, 9.17) is 4.74 Å². The Morgan fingerprint density at radius 1 is 1.32 bits per heavy atom. The number of hydrogen-bond acceptors (Lipinski definition) is 4.